The van der Waals surface area contributed by atoms with Crippen LogP contribution >= 0.6 is 0 Å². The highest BCUT2D eigenvalue weighted by Gasteiger charge is 2.18. The molecule has 1 atom stereocenters. The Morgan fingerprint density at radius 1 is 0.784 bits per heavy atom. The molecule has 204 valence electrons. The van der Waals surface area contributed by atoms with Crippen molar-refractivity contribution < 1.29 is 14.3 Å². The molecule has 0 spiro atoms. The van der Waals surface area contributed by atoms with Gasteiger partial charge in [0, 0.05) is 19.5 Å². The molecule has 1 N–H and O–H groups in total. The van der Waals surface area contributed by atoms with Crippen molar-refractivity contribution in [3.8, 4) is 0 Å². The van der Waals surface area contributed by atoms with Crippen molar-refractivity contribution in [3.63, 3.8) is 0 Å². The van der Waals surface area contributed by atoms with E-state index in [-0.39, 0.29) is 30.9 Å². The highest BCUT2D eigenvalue weighted by molar-refractivity contribution is 5.77. The minimum Gasteiger partial charge on any atom is -0.461 e. The average molecular weight is 510 g/mol. The van der Waals surface area contributed by atoms with Crippen LogP contribution in [-0.2, 0) is 27.4 Å². The molecule has 0 saturated heterocycles. The number of carbonyl (C=O) groups excluding carboxylic acids is 2. The topological polar surface area (TPSA) is 61.9 Å². The lowest BCUT2D eigenvalue weighted by atomic mass is 10.1. The SMILES string of the molecule is CN(C)CC(CC(=O)OCc1ccccc1)NC(=O)CCCCCCCCN(C)CCc1ccccc1. The number of nitrogens with one attached hydrogen (secondary N) is 1. The minimum atomic E-state index is -0.290. The Labute approximate surface area is 224 Å². The molecule has 2 aromatic carbocycles. The molecule has 0 fully saturated rings. The number of carbonyl (C=O) groups is 2. The highest BCUT2D eigenvalue weighted by Crippen LogP contribution is 2.09. The molecule has 0 aliphatic rings. The summed E-state index contributed by atoms with van der Waals surface area (Å²) in [5, 5.41) is 3.04. The van der Waals surface area contributed by atoms with Gasteiger partial charge < -0.3 is 19.9 Å². The highest BCUT2D eigenvalue weighted by atomic mass is 16.5. The van der Waals surface area contributed by atoms with Gasteiger partial charge in [-0.15, -0.1) is 0 Å². The van der Waals surface area contributed by atoms with Crippen LogP contribution in [0.5, 0.6) is 0 Å². The summed E-state index contributed by atoms with van der Waals surface area (Å²) in [5.74, 6) is -0.274. The number of benzene rings is 2. The van der Waals surface area contributed by atoms with Crippen LogP contribution < -0.4 is 5.32 Å². The van der Waals surface area contributed by atoms with Crippen molar-refractivity contribution in [2.24, 2.45) is 0 Å². The molecule has 1 unspecified atom stereocenters. The molecule has 0 aromatic heterocycles. The van der Waals surface area contributed by atoms with E-state index >= 15 is 0 Å². The van der Waals surface area contributed by atoms with Crippen LogP contribution in [-0.4, -0.2) is 68.5 Å². The molecule has 0 heterocycles. The van der Waals surface area contributed by atoms with Crippen LogP contribution in [0, 0.1) is 0 Å². The van der Waals surface area contributed by atoms with Gasteiger partial charge in [-0.2, -0.15) is 0 Å². The molecule has 1 amide bonds. The van der Waals surface area contributed by atoms with Gasteiger partial charge in [-0.25, -0.2) is 0 Å². The third-order valence-electron chi connectivity index (χ3n) is 6.43. The van der Waals surface area contributed by atoms with Crippen molar-refractivity contribution >= 4 is 11.9 Å². The summed E-state index contributed by atoms with van der Waals surface area (Å²) in [6, 6.07) is 20.0. The summed E-state index contributed by atoms with van der Waals surface area (Å²) < 4.78 is 5.40. The Hall–Kier alpha value is -2.70. The lowest BCUT2D eigenvalue weighted by molar-refractivity contribution is -0.145. The standard InChI is InChI=1S/C31H47N3O3/c1-33(2)25-29(24-31(36)37-26-28-18-12-9-13-19-28)32-30(35)20-14-6-4-5-7-15-22-34(3)23-21-27-16-10-8-11-17-27/h8-13,16-19,29H,4-7,14-15,20-26H2,1-3H3,(H,32,35). The molecular weight excluding hydrogens is 462 g/mol. The number of esters is 1. The van der Waals surface area contributed by atoms with Crippen LogP contribution in [0.25, 0.3) is 0 Å². The zero-order chi connectivity index (χ0) is 26.7. The van der Waals surface area contributed by atoms with Gasteiger partial charge >= 0.3 is 5.97 Å². The van der Waals surface area contributed by atoms with E-state index in [2.05, 4.69) is 47.6 Å². The molecule has 0 aliphatic carbocycles. The fraction of sp³-hybridized carbons (Fsp3) is 0.548. The molecular formula is C31H47N3O3. The van der Waals surface area contributed by atoms with E-state index in [0.29, 0.717) is 13.0 Å². The van der Waals surface area contributed by atoms with E-state index in [1.54, 1.807) is 0 Å². The van der Waals surface area contributed by atoms with Crippen LogP contribution in [0.1, 0.15) is 62.5 Å². The molecule has 6 nitrogen and oxygen atoms in total. The molecule has 6 heteroatoms. The second kappa shape index (κ2) is 18.5. The van der Waals surface area contributed by atoms with Crippen LogP contribution in [0.3, 0.4) is 0 Å². The third kappa shape index (κ3) is 15.2. The Bertz CT molecular complexity index is 874. The largest absolute Gasteiger partial charge is 0.461 e. The van der Waals surface area contributed by atoms with Gasteiger partial charge in [0.05, 0.1) is 12.5 Å². The van der Waals surface area contributed by atoms with Gasteiger partial charge in [0.15, 0.2) is 0 Å². The maximum atomic E-state index is 12.5. The fourth-order valence-corrected chi connectivity index (χ4v) is 4.35. The molecule has 37 heavy (non-hydrogen) atoms. The van der Waals surface area contributed by atoms with Crippen molar-refractivity contribution in [2.75, 3.05) is 40.8 Å². The Kier molecular flexibility index (Phi) is 15.3. The first-order valence-corrected chi connectivity index (χ1v) is 13.8. The van der Waals surface area contributed by atoms with E-state index < -0.39 is 0 Å². The molecule has 0 aliphatic heterocycles. The summed E-state index contributed by atoms with van der Waals surface area (Å²) in [7, 11) is 6.08. The predicted molar refractivity (Wildman–Crippen MR) is 151 cm³/mol. The van der Waals surface area contributed by atoms with Gasteiger partial charge in [-0.1, -0.05) is 86.3 Å². The fourth-order valence-electron chi connectivity index (χ4n) is 4.35. The van der Waals surface area contributed by atoms with E-state index in [0.717, 1.165) is 44.3 Å². The molecule has 2 aromatic rings. The van der Waals surface area contributed by atoms with Gasteiger partial charge in [0.2, 0.25) is 5.91 Å². The predicted octanol–water partition coefficient (Wildman–Crippen LogP) is 5.07. The number of ether oxygens (including phenoxy) is 1. The van der Waals surface area contributed by atoms with Crippen LogP contribution in [0.2, 0.25) is 0 Å². The zero-order valence-corrected chi connectivity index (χ0v) is 23.2. The lowest BCUT2D eigenvalue weighted by Crippen LogP contribution is -2.43. The maximum Gasteiger partial charge on any atom is 0.308 e. The first-order valence-electron chi connectivity index (χ1n) is 13.8. The number of unbranched alkanes of at least 4 members (excludes halogenated alkanes) is 5. The van der Waals surface area contributed by atoms with Crippen LogP contribution in [0.15, 0.2) is 60.7 Å². The normalized spacial score (nSPS) is 12.0. The van der Waals surface area contributed by atoms with E-state index in [4.69, 9.17) is 4.74 Å². The Morgan fingerprint density at radius 3 is 2.03 bits per heavy atom. The monoisotopic (exact) mass is 509 g/mol. The van der Waals surface area contributed by atoms with Crippen molar-refractivity contribution in [3.05, 3.63) is 71.8 Å². The summed E-state index contributed by atoms with van der Waals surface area (Å²) in [6.07, 6.45) is 8.56. The molecule has 0 saturated carbocycles. The van der Waals surface area contributed by atoms with Gasteiger partial charge in [0.25, 0.3) is 0 Å². The van der Waals surface area contributed by atoms with Crippen LogP contribution in [0.4, 0.5) is 0 Å². The minimum absolute atomic E-state index is 0.0164. The smallest absolute Gasteiger partial charge is 0.308 e. The quantitative estimate of drug-likeness (QED) is 0.212. The van der Waals surface area contributed by atoms with Gasteiger partial charge in [-0.05, 0) is 58.1 Å². The Morgan fingerprint density at radius 2 is 1.38 bits per heavy atom. The molecule has 2 rings (SSSR count). The maximum absolute atomic E-state index is 12.5. The number of hydrogen-bond donors (Lipinski definition) is 1. The molecule has 0 bridgehead atoms. The zero-order valence-electron chi connectivity index (χ0n) is 23.2. The van der Waals surface area contributed by atoms with Gasteiger partial charge in [-0.3, -0.25) is 9.59 Å². The number of rotatable bonds is 19. The first kappa shape index (κ1) is 30.5. The number of nitrogens with zero attached hydrogens (tertiary/aromatic N) is 2. The number of amides is 1. The number of hydrogen-bond acceptors (Lipinski definition) is 5. The number of likely N-dealkylation sites (N-methyl/N-ethyl adjacent to an activating group) is 2. The van der Waals surface area contributed by atoms with Crippen molar-refractivity contribution in [1.82, 2.24) is 15.1 Å². The lowest BCUT2D eigenvalue weighted by Gasteiger charge is -2.22. The van der Waals surface area contributed by atoms with E-state index in [1.807, 2.05) is 49.3 Å². The Balaban J connectivity index is 1.52. The second-order valence-corrected chi connectivity index (χ2v) is 10.3. The average Bonchev–Trinajstić information content (AvgIpc) is 2.88. The summed E-state index contributed by atoms with van der Waals surface area (Å²) in [6.45, 7) is 3.09. The van der Waals surface area contributed by atoms with E-state index in [9.17, 15) is 9.59 Å². The van der Waals surface area contributed by atoms with Gasteiger partial charge in [0.1, 0.15) is 6.61 Å². The van der Waals surface area contributed by atoms with E-state index in [1.165, 1.54) is 24.8 Å². The first-order chi connectivity index (χ1) is 17.9. The summed E-state index contributed by atoms with van der Waals surface area (Å²) in [4.78, 5) is 29.2. The molecule has 0 radical (unpaired) electrons. The second-order valence-electron chi connectivity index (χ2n) is 10.3. The van der Waals surface area contributed by atoms with Crippen molar-refractivity contribution in [2.45, 2.75) is 70.4 Å². The summed E-state index contributed by atoms with van der Waals surface area (Å²) in [5.41, 5.74) is 2.36. The summed E-state index contributed by atoms with van der Waals surface area (Å²) >= 11 is 0. The van der Waals surface area contributed by atoms with Crippen molar-refractivity contribution in [1.29, 1.82) is 0 Å². The third-order valence-corrected chi connectivity index (χ3v) is 6.43.